The lowest BCUT2D eigenvalue weighted by Crippen LogP contribution is -2.32. The molecule has 0 saturated carbocycles. The van der Waals surface area contributed by atoms with Crippen LogP contribution in [0.2, 0.25) is 0 Å². The summed E-state index contributed by atoms with van der Waals surface area (Å²) in [5, 5.41) is 20.9. The molecule has 2 amide bonds. The molecule has 0 aliphatic carbocycles. The fraction of sp³-hybridized carbons (Fsp3) is 0.188. The van der Waals surface area contributed by atoms with Crippen LogP contribution in [0.15, 0.2) is 54.3 Å². The van der Waals surface area contributed by atoms with E-state index in [4.69, 9.17) is 0 Å². The number of rotatable bonds is 6. The molecule has 0 fully saturated rings. The number of aliphatic hydroxyl groups is 1. The minimum atomic E-state index is -0.345. The molecule has 0 bridgehead atoms. The van der Waals surface area contributed by atoms with Crippen LogP contribution in [0, 0.1) is 0 Å². The van der Waals surface area contributed by atoms with Crippen molar-refractivity contribution in [1.29, 1.82) is 0 Å². The van der Waals surface area contributed by atoms with Gasteiger partial charge in [-0.2, -0.15) is 5.10 Å². The van der Waals surface area contributed by atoms with E-state index in [1.807, 2.05) is 35.7 Å². The molecule has 0 aliphatic heterocycles. The number of carbonyl (C=O) groups is 1. The second-order valence-corrected chi connectivity index (χ2v) is 6.02. The van der Waals surface area contributed by atoms with E-state index in [1.165, 1.54) is 0 Å². The maximum atomic E-state index is 12.2. The SMILES string of the molecule is O=C(Nc1cnn(-c2ccccn2)c1)NC(CCO)c1cccs1. The third-order valence-electron chi connectivity index (χ3n) is 3.33. The van der Waals surface area contributed by atoms with Crippen molar-refractivity contribution in [3.05, 3.63) is 59.2 Å². The first kappa shape index (κ1) is 16.2. The molecule has 1 unspecified atom stereocenters. The summed E-state index contributed by atoms with van der Waals surface area (Å²) >= 11 is 1.54. The topological polar surface area (TPSA) is 92.1 Å². The standard InChI is InChI=1S/C16H17N5O2S/c22-8-6-13(14-4-3-9-24-14)20-16(23)19-12-10-18-21(11-12)15-5-1-2-7-17-15/h1-5,7,9-11,13,22H,6,8H2,(H2,19,20,23). The first-order valence-electron chi connectivity index (χ1n) is 7.44. The molecule has 0 spiro atoms. The minimum absolute atomic E-state index is 0.000452. The van der Waals surface area contributed by atoms with Gasteiger partial charge in [0.05, 0.1) is 24.1 Å². The lowest BCUT2D eigenvalue weighted by molar-refractivity contribution is 0.239. The summed E-state index contributed by atoms with van der Waals surface area (Å²) in [5.41, 5.74) is 0.562. The van der Waals surface area contributed by atoms with Gasteiger partial charge in [0.25, 0.3) is 0 Å². The van der Waals surface area contributed by atoms with Crippen molar-refractivity contribution < 1.29 is 9.90 Å². The van der Waals surface area contributed by atoms with Crippen molar-refractivity contribution in [1.82, 2.24) is 20.1 Å². The number of aromatic nitrogens is 3. The highest BCUT2D eigenvalue weighted by atomic mass is 32.1. The average Bonchev–Trinajstić information content (AvgIpc) is 3.27. The van der Waals surface area contributed by atoms with Crippen LogP contribution in [0.4, 0.5) is 10.5 Å². The van der Waals surface area contributed by atoms with Crippen LogP contribution in [-0.2, 0) is 0 Å². The largest absolute Gasteiger partial charge is 0.396 e. The van der Waals surface area contributed by atoms with E-state index >= 15 is 0 Å². The number of amides is 2. The molecule has 1 atom stereocenters. The lowest BCUT2D eigenvalue weighted by Gasteiger charge is -2.16. The molecule has 0 aliphatic rings. The van der Waals surface area contributed by atoms with Crippen LogP contribution >= 0.6 is 11.3 Å². The van der Waals surface area contributed by atoms with E-state index in [9.17, 15) is 9.90 Å². The van der Waals surface area contributed by atoms with Gasteiger partial charge in [-0.05, 0) is 30.0 Å². The second-order valence-electron chi connectivity index (χ2n) is 5.04. The highest BCUT2D eigenvalue weighted by molar-refractivity contribution is 7.10. The van der Waals surface area contributed by atoms with Gasteiger partial charge in [0.2, 0.25) is 0 Å². The van der Waals surface area contributed by atoms with Crippen LogP contribution in [-0.4, -0.2) is 32.5 Å². The Kier molecular flexibility index (Phi) is 5.19. The Morgan fingerprint density at radius 2 is 2.25 bits per heavy atom. The third kappa shape index (κ3) is 3.98. The van der Waals surface area contributed by atoms with Gasteiger partial charge in [-0.15, -0.1) is 11.3 Å². The summed E-state index contributed by atoms with van der Waals surface area (Å²) in [6.45, 7) is 0.000452. The van der Waals surface area contributed by atoms with Crippen molar-refractivity contribution in [2.45, 2.75) is 12.5 Å². The molecule has 3 rings (SSSR count). The maximum Gasteiger partial charge on any atom is 0.319 e. The van der Waals surface area contributed by atoms with Gasteiger partial charge in [0.15, 0.2) is 5.82 Å². The first-order valence-corrected chi connectivity index (χ1v) is 8.32. The van der Waals surface area contributed by atoms with E-state index < -0.39 is 0 Å². The first-order chi connectivity index (χ1) is 11.8. The maximum absolute atomic E-state index is 12.2. The second kappa shape index (κ2) is 7.71. The Morgan fingerprint density at radius 1 is 1.33 bits per heavy atom. The average molecular weight is 343 g/mol. The van der Waals surface area contributed by atoms with Gasteiger partial charge >= 0.3 is 6.03 Å². The summed E-state index contributed by atoms with van der Waals surface area (Å²) in [5.74, 6) is 0.669. The highest BCUT2D eigenvalue weighted by Gasteiger charge is 2.15. The number of carbonyl (C=O) groups excluding carboxylic acids is 1. The van der Waals surface area contributed by atoms with E-state index in [0.717, 1.165) is 4.88 Å². The van der Waals surface area contributed by atoms with E-state index in [1.54, 1.807) is 34.6 Å². The monoisotopic (exact) mass is 343 g/mol. The Labute approximate surface area is 143 Å². The van der Waals surface area contributed by atoms with Gasteiger partial charge in [-0.1, -0.05) is 12.1 Å². The Bertz CT molecular complexity index is 773. The molecule has 0 radical (unpaired) electrons. The number of thiophene rings is 1. The zero-order valence-electron chi connectivity index (χ0n) is 12.8. The van der Waals surface area contributed by atoms with Crippen LogP contribution in [0.1, 0.15) is 17.3 Å². The molecule has 3 N–H and O–H groups in total. The number of hydrogen-bond donors (Lipinski definition) is 3. The molecule has 3 aromatic heterocycles. The van der Waals surface area contributed by atoms with Crippen LogP contribution < -0.4 is 10.6 Å². The van der Waals surface area contributed by atoms with Crippen molar-refractivity contribution in [3.63, 3.8) is 0 Å². The molecular weight excluding hydrogens is 326 g/mol. The number of aliphatic hydroxyl groups excluding tert-OH is 1. The van der Waals surface area contributed by atoms with Crippen molar-refractivity contribution >= 4 is 23.1 Å². The van der Waals surface area contributed by atoms with Crippen molar-refractivity contribution in [2.24, 2.45) is 0 Å². The minimum Gasteiger partial charge on any atom is -0.396 e. The van der Waals surface area contributed by atoms with E-state index in [0.29, 0.717) is 17.9 Å². The van der Waals surface area contributed by atoms with Gasteiger partial charge in [0, 0.05) is 17.7 Å². The number of anilines is 1. The van der Waals surface area contributed by atoms with Gasteiger partial charge in [-0.25, -0.2) is 14.5 Å². The highest BCUT2D eigenvalue weighted by Crippen LogP contribution is 2.22. The number of urea groups is 1. The fourth-order valence-corrected chi connectivity index (χ4v) is 3.04. The van der Waals surface area contributed by atoms with E-state index in [-0.39, 0.29) is 18.7 Å². The van der Waals surface area contributed by atoms with Crippen LogP contribution in [0.5, 0.6) is 0 Å². The third-order valence-corrected chi connectivity index (χ3v) is 4.32. The summed E-state index contributed by atoms with van der Waals surface area (Å²) < 4.78 is 1.58. The summed E-state index contributed by atoms with van der Waals surface area (Å²) in [6, 6.07) is 8.80. The normalized spacial score (nSPS) is 11.9. The Morgan fingerprint density at radius 3 is 2.96 bits per heavy atom. The predicted molar refractivity (Wildman–Crippen MR) is 92.3 cm³/mol. The van der Waals surface area contributed by atoms with Gasteiger partial charge in [0.1, 0.15) is 0 Å². The van der Waals surface area contributed by atoms with Crippen LogP contribution in [0.3, 0.4) is 0 Å². The molecule has 3 aromatic rings. The molecule has 124 valence electrons. The molecular formula is C16H17N5O2S. The van der Waals surface area contributed by atoms with Crippen LogP contribution in [0.25, 0.3) is 5.82 Å². The summed E-state index contributed by atoms with van der Waals surface area (Å²) in [4.78, 5) is 17.4. The lowest BCUT2D eigenvalue weighted by atomic mass is 10.2. The summed E-state index contributed by atoms with van der Waals surface area (Å²) in [7, 11) is 0. The fourth-order valence-electron chi connectivity index (χ4n) is 2.23. The zero-order valence-corrected chi connectivity index (χ0v) is 13.6. The van der Waals surface area contributed by atoms with E-state index in [2.05, 4.69) is 20.7 Å². The molecule has 0 saturated heterocycles. The Balaban J connectivity index is 1.63. The van der Waals surface area contributed by atoms with Crippen molar-refractivity contribution in [3.8, 4) is 5.82 Å². The molecule has 0 aromatic carbocycles. The van der Waals surface area contributed by atoms with Gasteiger partial charge in [-0.3, -0.25) is 0 Å². The number of nitrogens with one attached hydrogen (secondary N) is 2. The quantitative estimate of drug-likeness (QED) is 0.641. The Hall–Kier alpha value is -2.71. The smallest absolute Gasteiger partial charge is 0.319 e. The predicted octanol–water partition coefficient (Wildman–Crippen LogP) is 2.57. The van der Waals surface area contributed by atoms with Gasteiger partial charge < -0.3 is 15.7 Å². The molecule has 3 heterocycles. The zero-order chi connectivity index (χ0) is 16.8. The molecule has 24 heavy (non-hydrogen) atoms. The number of hydrogen-bond acceptors (Lipinski definition) is 5. The van der Waals surface area contributed by atoms with Crippen molar-refractivity contribution in [2.75, 3.05) is 11.9 Å². The number of pyridine rings is 1. The molecule has 8 heteroatoms. The molecule has 7 nitrogen and oxygen atoms in total. The summed E-state index contributed by atoms with van der Waals surface area (Å²) in [6.07, 6.45) is 5.38. The number of nitrogens with zero attached hydrogens (tertiary/aromatic N) is 3.